The molecule has 0 aliphatic rings. The number of aromatic nitrogens is 4. The van der Waals surface area contributed by atoms with Gasteiger partial charge in [0.05, 0.1) is 5.56 Å². The van der Waals surface area contributed by atoms with Crippen molar-refractivity contribution in [3.63, 3.8) is 0 Å². The number of carbonyl (C=O) groups is 1. The van der Waals surface area contributed by atoms with Gasteiger partial charge < -0.3 is 25.0 Å². The number of benzene rings is 2. The van der Waals surface area contributed by atoms with Crippen LogP contribution in [0.15, 0.2) is 48.5 Å². The average Bonchev–Trinajstić information content (AvgIpc) is 3.20. The molecule has 0 fully saturated rings. The van der Waals surface area contributed by atoms with Crippen molar-refractivity contribution in [1.29, 1.82) is 0 Å². The maximum Gasteiger partial charge on any atom is 0.336 e. The molecule has 0 radical (unpaired) electrons. The van der Waals surface area contributed by atoms with Crippen molar-refractivity contribution >= 4 is 22.8 Å². The highest BCUT2D eigenvalue weighted by Gasteiger charge is 2.23. The number of anilines is 1. The summed E-state index contributed by atoms with van der Waals surface area (Å²) < 4.78 is 2.01. The van der Waals surface area contributed by atoms with Gasteiger partial charge >= 0.3 is 5.97 Å². The molecule has 2 aromatic carbocycles. The number of fused-ring (bicyclic) bond motifs is 1. The topological polar surface area (TPSA) is 116 Å². The van der Waals surface area contributed by atoms with Crippen LogP contribution in [0.4, 0.5) is 5.82 Å². The van der Waals surface area contributed by atoms with Gasteiger partial charge in [-0.25, -0.2) is 9.78 Å². The van der Waals surface area contributed by atoms with Crippen LogP contribution in [0, 0.1) is 5.41 Å². The van der Waals surface area contributed by atoms with Crippen LogP contribution >= 0.6 is 0 Å². The molecule has 0 aliphatic carbocycles. The van der Waals surface area contributed by atoms with E-state index in [4.69, 9.17) is 4.98 Å². The van der Waals surface area contributed by atoms with Crippen LogP contribution < -0.4 is 5.32 Å². The molecule has 200 valence electrons. The summed E-state index contributed by atoms with van der Waals surface area (Å²) in [4.78, 5) is 18.7. The van der Waals surface area contributed by atoms with Crippen LogP contribution in [0.1, 0.15) is 48.9 Å². The van der Waals surface area contributed by atoms with Gasteiger partial charge in [0.1, 0.15) is 16.9 Å². The van der Waals surface area contributed by atoms with Crippen LogP contribution in [-0.2, 0) is 13.0 Å². The summed E-state index contributed by atoms with van der Waals surface area (Å²) in [6.07, 6.45) is 1.63. The standard InChI is InChI=1S/C29H36N6O3/c1-29(2,3)17-23-31-24-25(27(36)33-32-26(24)30-15-8-16-34(4)5)35(23)18-19-11-13-20(14-12-19)21-9-6-7-10-22(21)28(37)38/h6-7,9-14H,8,15-18H2,1-5H3,(H,30,32)(H,33,36)(H,37,38). The first kappa shape index (κ1) is 27.1. The predicted octanol–water partition coefficient (Wildman–Crippen LogP) is 4.90. The number of nitrogens with zero attached hydrogens (tertiary/aromatic N) is 5. The monoisotopic (exact) mass is 516 g/mol. The number of carboxylic acids is 1. The summed E-state index contributed by atoms with van der Waals surface area (Å²) in [5.74, 6) is 0.294. The largest absolute Gasteiger partial charge is 0.491 e. The molecule has 38 heavy (non-hydrogen) atoms. The fraction of sp³-hybridized carbons (Fsp3) is 0.379. The van der Waals surface area contributed by atoms with Crippen LogP contribution in [0.2, 0.25) is 0 Å². The highest BCUT2D eigenvalue weighted by atomic mass is 16.4. The number of rotatable bonds is 10. The number of hydrogen-bond donors (Lipinski definition) is 3. The van der Waals surface area contributed by atoms with Crippen molar-refractivity contribution in [3.8, 4) is 17.0 Å². The summed E-state index contributed by atoms with van der Waals surface area (Å²) in [6.45, 7) is 8.60. The maximum absolute atomic E-state index is 11.7. The van der Waals surface area contributed by atoms with Crippen LogP contribution in [0.25, 0.3) is 22.2 Å². The van der Waals surface area contributed by atoms with Gasteiger partial charge in [0.25, 0.3) is 5.88 Å². The van der Waals surface area contributed by atoms with Gasteiger partial charge in [-0.3, -0.25) is 0 Å². The number of carboxylic acid groups (broad SMARTS) is 1. The van der Waals surface area contributed by atoms with E-state index in [1.54, 1.807) is 12.1 Å². The Balaban J connectivity index is 1.69. The Bertz CT molecular complexity index is 1420. The SMILES string of the molecule is CN(C)CCCNc1nnc(O)c2c1nc(CC(C)(C)C)n2Cc1ccc(-c2ccccc2C(=O)O)cc1. The molecule has 0 unspecified atom stereocenters. The number of hydrogen-bond acceptors (Lipinski definition) is 7. The smallest absolute Gasteiger partial charge is 0.336 e. The van der Waals surface area contributed by atoms with Crippen molar-refractivity contribution in [2.24, 2.45) is 5.41 Å². The Morgan fingerprint density at radius 2 is 1.76 bits per heavy atom. The second kappa shape index (κ2) is 11.2. The summed E-state index contributed by atoms with van der Waals surface area (Å²) in [6, 6.07) is 14.8. The van der Waals surface area contributed by atoms with E-state index in [2.05, 4.69) is 41.2 Å². The molecule has 0 saturated heterocycles. The Labute approximate surface area is 223 Å². The van der Waals surface area contributed by atoms with Crippen molar-refractivity contribution in [1.82, 2.24) is 24.6 Å². The van der Waals surface area contributed by atoms with Gasteiger partial charge in [0.15, 0.2) is 5.82 Å². The lowest BCUT2D eigenvalue weighted by molar-refractivity contribution is 0.0697. The minimum Gasteiger partial charge on any atom is -0.491 e. The quantitative estimate of drug-likeness (QED) is 0.255. The van der Waals surface area contributed by atoms with Gasteiger partial charge in [0, 0.05) is 19.5 Å². The lowest BCUT2D eigenvalue weighted by Crippen LogP contribution is -2.16. The van der Waals surface area contributed by atoms with Crippen molar-refractivity contribution in [2.75, 3.05) is 32.5 Å². The highest BCUT2D eigenvalue weighted by Crippen LogP contribution is 2.32. The lowest BCUT2D eigenvalue weighted by Gasteiger charge is -2.19. The first-order chi connectivity index (χ1) is 18.0. The fourth-order valence-corrected chi connectivity index (χ4v) is 4.48. The van der Waals surface area contributed by atoms with E-state index in [1.165, 1.54) is 0 Å². The zero-order valence-electron chi connectivity index (χ0n) is 22.7. The molecule has 9 nitrogen and oxygen atoms in total. The third kappa shape index (κ3) is 6.28. The lowest BCUT2D eigenvalue weighted by atomic mass is 9.92. The minimum absolute atomic E-state index is 0.0285. The van der Waals surface area contributed by atoms with Gasteiger partial charge in [-0.05, 0) is 55.2 Å². The van der Waals surface area contributed by atoms with Gasteiger partial charge in [-0.1, -0.05) is 63.2 Å². The number of nitrogens with one attached hydrogen (secondary N) is 1. The summed E-state index contributed by atoms with van der Waals surface area (Å²) in [5.41, 5.74) is 3.89. The second-order valence-electron chi connectivity index (χ2n) is 11.1. The Hall–Kier alpha value is -3.98. The van der Waals surface area contributed by atoms with E-state index < -0.39 is 5.97 Å². The zero-order valence-corrected chi connectivity index (χ0v) is 22.7. The maximum atomic E-state index is 11.7. The van der Waals surface area contributed by atoms with Gasteiger partial charge in [-0.15, -0.1) is 10.2 Å². The van der Waals surface area contributed by atoms with E-state index in [0.29, 0.717) is 41.9 Å². The van der Waals surface area contributed by atoms with Crippen LogP contribution in [0.5, 0.6) is 5.88 Å². The van der Waals surface area contributed by atoms with Crippen molar-refractivity contribution < 1.29 is 15.0 Å². The second-order valence-corrected chi connectivity index (χ2v) is 11.1. The van der Waals surface area contributed by atoms with Crippen molar-refractivity contribution in [2.45, 2.75) is 40.2 Å². The number of imidazole rings is 1. The van der Waals surface area contributed by atoms with E-state index in [-0.39, 0.29) is 16.9 Å². The Morgan fingerprint density at radius 1 is 1.05 bits per heavy atom. The molecule has 2 aromatic heterocycles. The molecule has 0 bridgehead atoms. The third-order valence-electron chi connectivity index (χ3n) is 6.25. The number of aromatic hydroxyl groups is 1. The molecule has 0 aliphatic heterocycles. The fourth-order valence-electron chi connectivity index (χ4n) is 4.48. The first-order valence-corrected chi connectivity index (χ1v) is 12.8. The summed E-state index contributed by atoms with van der Waals surface area (Å²) in [5, 5.41) is 31.9. The molecule has 0 amide bonds. The summed E-state index contributed by atoms with van der Waals surface area (Å²) >= 11 is 0. The van der Waals surface area contributed by atoms with Crippen LogP contribution in [0.3, 0.4) is 0 Å². The zero-order chi connectivity index (χ0) is 27.4. The third-order valence-corrected chi connectivity index (χ3v) is 6.25. The average molecular weight is 517 g/mol. The summed E-state index contributed by atoms with van der Waals surface area (Å²) in [7, 11) is 4.08. The molecule has 0 saturated carbocycles. The normalized spacial score (nSPS) is 11.8. The Kier molecular flexibility index (Phi) is 7.97. The van der Waals surface area contributed by atoms with Crippen LogP contribution in [-0.4, -0.2) is 68.0 Å². The Morgan fingerprint density at radius 3 is 2.42 bits per heavy atom. The molecule has 3 N–H and O–H groups in total. The van der Waals surface area contributed by atoms with E-state index in [0.717, 1.165) is 29.9 Å². The van der Waals surface area contributed by atoms with Gasteiger partial charge in [-0.2, -0.15) is 0 Å². The molecular formula is C29H36N6O3. The molecule has 4 rings (SSSR count). The molecule has 2 heterocycles. The van der Waals surface area contributed by atoms with Crippen molar-refractivity contribution in [3.05, 3.63) is 65.5 Å². The predicted molar refractivity (Wildman–Crippen MR) is 150 cm³/mol. The van der Waals surface area contributed by atoms with E-state index in [1.807, 2.05) is 55.1 Å². The number of aromatic carboxylic acids is 1. The molecule has 4 aromatic rings. The molecule has 0 spiro atoms. The highest BCUT2D eigenvalue weighted by molar-refractivity contribution is 5.96. The van der Waals surface area contributed by atoms with E-state index in [9.17, 15) is 15.0 Å². The van der Waals surface area contributed by atoms with E-state index >= 15 is 0 Å². The first-order valence-electron chi connectivity index (χ1n) is 12.8. The molecule has 9 heteroatoms. The van der Waals surface area contributed by atoms with Gasteiger partial charge in [0.2, 0.25) is 0 Å². The minimum atomic E-state index is -0.955. The molecular weight excluding hydrogens is 480 g/mol. The molecule has 0 atom stereocenters.